The van der Waals surface area contributed by atoms with Crippen molar-refractivity contribution in [2.24, 2.45) is 0 Å². The van der Waals surface area contributed by atoms with Gasteiger partial charge < -0.3 is 29.5 Å². The highest BCUT2D eigenvalue weighted by Crippen LogP contribution is 2.35. The van der Waals surface area contributed by atoms with Gasteiger partial charge in [-0.15, -0.1) is 0 Å². The highest BCUT2D eigenvalue weighted by atomic mass is 16.5. The molecule has 1 fully saturated rings. The van der Waals surface area contributed by atoms with Gasteiger partial charge in [-0.25, -0.2) is 0 Å². The molecule has 0 unspecified atom stereocenters. The molecule has 3 rings (SSSR count). The maximum Gasteiger partial charge on any atom is 0.251 e. The van der Waals surface area contributed by atoms with Crippen LogP contribution in [-0.4, -0.2) is 68.4 Å². The summed E-state index contributed by atoms with van der Waals surface area (Å²) in [5.74, 6) is 0.493. The van der Waals surface area contributed by atoms with Crippen LogP contribution in [-0.2, 0) is 9.53 Å². The topological polar surface area (TPSA) is 97.3 Å². The third kappa shape index (κ3) is 4.72. The number of carbonyl (C=O) groups is 2. The first-order chi connectivity index (χ1) is 14.6. The van der Waals surface area contributed by atoms with Crippen molar-refractivity contribution in [1.82, 2.24) is 10.2 Å². The van der Waals surface area contributed by atoms with E-state index in [0.717, 1.165) is 5.56 Å². The Morgan fingerprint density at radius 2 is 1.87 bits per heavy atom. The molecule has 0 bridgehead atoms. The molecule has 2 N–H and O–H groups in total. The molecule has 2 atom stereocenters. The molecule has 30 heavy (non-hydrogen) atoms. The molecular formula is C22H26N2O6. The Morgan fingerprint density at radius 3 is 2.53 bits per heavy atom. The summed E-state index contributed by atoms with van der Waals surface area (Å²) in [6.07, 6.45) is -0.592. The minimum Gasteiger partial charge on any atom is -0.493 e. The van der Waals surface area contributed by atoms with Gasteiger partial charge in [-0.2, -0.15) is 0 Å². The van der Waals surface area contributed by atoms with Gasteiger partial charge in [-0.1, -0.05) is 24.3 Å². The van der Waals surface area contributed by atoms with Gasteiger partial charge in [0.25, 0.3) is 5.91 Å². The molecule has 1 saturated heterocycles. The van der Waals surface area contributed by atoms with Gasteiger partial charge in [-0.3, -0.25) is 9.59 Å². The lowest BCUT2D eigenvalue weighted by Gasteiger charge is -2.41. The Labute approximate surface area is 175 Å². The number of carbonyl (C=O) groups excluding carboxylic acids is 2. The van der Waals surface area contributed by atoms with Crippen LogP contribution in [0.3, 0.4) is 0 Å². The highest BCUT2D eigenvalue weighted by Gasteiger charge is 2.36. The van der Waals surface area contributed by atoms with Gasteiger partial charge in [-0.05, 0) is 29.8 Å². The van der Waals surface area contributed by atoms with Gasteiger partial charge in [0.15, 0.2) is 11.5 Å². The summed E-state index contributed by atoms with van der Waals surface area (Å²) in [5, 5.41) is 12.5. The van der Waals surface area contributed by atoms with Gasteiger partial charge in [0, 0.05) is 12.1 Å². The zero-order valence-electron chi connectivity index (χ0n) is 17.0. The van der Waals surface area contributed by atoms with Crippen molar-refractivity contribution < 1.29 is 28.9 Å². The first-order valence-corrected chi connectivity index (χ1v) is 9.66. The predicted octanol–water partition coefficient (Wildman–Crippen LogP) is 1.39. The molecule has 8 nitrogen and oxygen atoms in total. The summed E-state index contributed by atoms with van der Waals surface area (Å²) < 4.78 is 16.3. The normalized spacial score (nSPS) is 18.6. The van der Waals surface area contributed by atoms with E-state index in [1.54, 1.807) is 48.4 Å². The first kappa shape index (κ1) is 21.6. The molecule has 2 aromatic carbocycles. The van der Waals surface area contributed by atoms with Gasteiger partial charge in [0.05, 0.1) is 40.0 Å². The zero-order chi connectivity index (χ0) is 21.5. The van der Waals surface area contributed by atoms with Crippen molar-refractivity contribution in [3.63, 3.8) is 0 Å². The molecule has 0 radical (unpaired) electrons. The minimum atomic E-state index is -0.592. The van der Waals surface area contributed by atoms with Crippen LogP contribution in [0, 0.1) is 0 Å². The number of benzene rings is 2. The molecule has 1 aliphatic rings. The second-order valence-electron chi connectivity index (χ2n) is 6.79. The van der Waals surface area contributed by atoms with Crippen LogP contribution in [0.5, 0.6) is 11.5 Å². The van der Waals surface area contributed by atoms with Crippen molar-refractivity contribution in [2.75, 3.05) is 40.5 Å². The van der Waals surface area contributed by atoms with Crippen LogP contribution in [0.15, 0.2) is 48.5 Å². The summed E-state index contributed by atoms with van der Waals surface area (Å²) in [6, 6.07) is 13.5. The van der Waals surface area contributed by atoms with Crippen LogP contribution >= 0.6 is 0 Å². The maximum absolute atomic E-state index is 13.0. The monoisotopic (exact) mass is 414 g/mol. The Morgan fingerprint density at radius 1 is 1.13 bits per heavy atom. The lowest BCUT2D eigenvalue weighted by atomic mass is 9.97. The largest absolute Gasteiger partial charge is 0.493 e. The third-order valence-electron chi connectivity index (χ3n) is 5.04. The van der Waals surface area contributed by atoms with E-state index in [1.165, 1.54) is 7.11 Å². The number of hydrogen-bond acceptors (Lipinski definition) is 6. The Hall–Kier alpha value is -3.10. The van der Waals surface area contributed by atoms with Crippen LogP contribution in [0.1, 0.15) is 22.0 Å². The number of nitrogens with zero attached hydrogens (tertiary/aromatic N) is 1. The molecule has 160 valence electrons. The van der Waals surface area contributed by atoms with Crippen molar-refractivity contribution in [2.45, 2.75) is 12.1 Å². The van der Waals surface area contributed by atoms with Crippen LogP contribution in [0.2, 0.25) is 0 Å². The van der Waals surface area contributed by atoms with E-state index < -0.39 is 12.1 Å². The summed E-state index contributed by atoms with van der Waals surface area (Å²) in [5.41, 5.74) is 1.23. The fourth-order valence-electron chi connectivity index (χ4n) is 3.55. The summed E-state index contributed by atoms with van der Waals surface area (Å²) in [6.45, 7) is 0.234. The molecule has 1 aliphatic heterocycles. The average molecular weight is 414 g/mol. The molecule has 0 aromatic heterocycles. The van der Waals surface area contributed by atoms with Crippen LogP contribution < -0.4 is 14.8 Å². The van der Waals surface area contributed by atoms with E-state index in [0.29, 0.717) is 30.2 Å². The molecule has 0 aliphatic carbocycles. The van der Waals surface area contributed by atoms with Crippen molar-refractivity contribution >= 4 is 11.8 Å². The zero-order valence-corrected chi connectivity index (χ0v) is 17.0. The fraction of sp³-hybridized carbons (Fsp3) is 0.364. The summed E-state index contributed by atoms with van der Waals surface area (Å²) in [4.78, 5) is 26.9. The SMILES string of the molecule is COc1ccc([C@@H]2[C@@H](CO)OCCN2C(=O)CNC(=O)c2ccccc2)cc1OC. The van der Waals surface area contributed by atoms with Crippen molar-refractivity contribution in [1.29, 1.82) is 0 Å². The van der Waals surface area contributed by atoms with Crippen LogP contribution in [0.25, 0.3) is 0 Å². The van der Waals surface area contributed by atoms with E-state index in [4.69, 9.17) is 14.2 Å². The number of aliphatic hydroxyl groups is 1. The highest BCUT2D eigenvalue weighted by molar-refractivity contribution is 5.96. The molecule has 2 amide bonds. The molecule has 8 heteroatoms. The molecule has 0 saturated carbocycles. The molecular weight excluding hydrogens is 388 g/mol. The van der Waals surface area contributed by atoms with E-state index in [-0.39, 0.29) is 25.0 Å². The van der Waals surface area contributed by atoms with E-state index in [9.17, 15) is 14.7 Å². The Balaban J connectivity index is 1.79. The Kier molecular flexibility index (Phi) is 7.26. The maximum atomic E-state index is 13.0. The summed E-state index contributed by atoms with van der Waals surface area (Å²) >= 11 is 0. The minimum absolute atomic E-state index is 0.157. The molecule has 0 spiro atoms. The second kappa shape index (κ2) is 10.1. The quantitative estimate of drug-likeness (QED) is 0.711. The number of methoxy groups -OCH3 is 2. The van der Waals surface area contributed by atoms with Crippen LogP contribution in [0.4, 0.5) is 0 Å². The third-order valence-corrected chi connectivity index (χ3v) is 5.04. The van der Waals surface area contributed by atoms with Crippen molar-refractivity contribution in [3.8, 4) is 11.5 Å². The smallest absolute Gasteiger partial charge is 0.251 e. The summed E-state index contributed by atoms with van der Waals surface area (Å²) in [7, 11) is 3.08. The average Bonchev–Trinajstić information content (AvgIpc) is 2.81. The molecule has 2 aromatic rings. The lowest BCUT2D eigenvalue weighted by Crippen LogP contribution is -2.52. The second-order valence-corrected chi connectivity index (χ2v) is 6.79. The lowest BCUT2D eigenvalue weighted by molar-refractivity contribution is -0.148. The number of ether oxygens (including phenoxy) is 3. The number of hydrogen-bond donors (Lipinski definition) is 2. The van der Waals surface area contributed by atoms with Gasteiger partial charge in [0.1, 0.15) is 6.10 Å². The van der Waals surface area contributed by atoms with Gasteiger partial charge >= 0.3 is 0 Å². The Bertz CT molecular complexity index is 873. The van der Waals surface area contributed by atoms with E-state index in [2.05, 4.69) is 5.32 Å². The number of rotatable bonds is 7. The number of aliphatic hydroxyl groups excluding tert-OH is 1. The van der Waals surface area contributed by atoms with E-state index >= 15 is 0 Å². The first-order valence-electron chi connectivity index (χ1n) is 9.66. The number of nitrogens with one attached hydrogen (secondary N) is 1. The predicted molar refractivity (Wildman–Crippen MR) is 110 cm³/mol. The standard InChI is InChI=1S/C22H26N2O6/c1-28-17-9-8-16(12-18(17)29-2)21-19(14-25)30-11-10-24(21)20(26)13-23-22(27)15-6-4-3-5-7-15/h3-9,12,19,21,25H,10-11,13-14H2,1-2H3,(H,23,27)/t19-,21-/m1/s1. The van der Waals surface area contributed by atoms with Gasteiger partial charge in [0.2, 0.25) is 5.91 Å². The fourth-order valence-corrected chi connectivity index (χ4v) is 3.55. The number of morpholine rings is 1. The molecule has 1 heterocycles. The van der Waals surface area contributed by atoms with E-state index in [1.807, 2.05) is 12.1 Å². The van der Waals surface area contributed by atoms with Crippen molar-refractivity contribution in [3.05, 3.63) is 59.7 Å². The number of amides is 2.